The van der Waals surface area contributed by atoms with Gasteiger partial charge in [0.05, 0.1) is 5.52 Å². The van der Waals surface area contributed by atoms with Crippen LogP contribution in [0.5, 0.6) is 11.5 Å². The molecule has 0 fully saturated rings. The standard InChI is InChI=1S/C22H22FN3O3/c1-13(2)21(25-14(3)27)22(28)26-15-8-9-20(17(23)12-15)29-19-10-11-24-18-7-5-4-6-16(18)19/h4-13,21H,1-3H3,(H,25,27)(H,26,28)/t21-/m1/s1. The SMILES string of the molecule is CC(=O)N[C@@H](C(=O)Nc1ccc(Oc2ccnc3ccccc23)c(F)c1)C(C)C. The fourth-order valence-corrected chi connectivity index (χ4v) is 2.91. The minimum absolute atomic E-state index is 0.0293. The summed E-state index contributed by atoms with van der Waals surface area (Å²) in [6.07, 6.45) is 1.60. The molecule has 0 aliphatic carbocycles. The first-order chi connectivity index (χ1) is 13.8. The molecule has 0 aliphatic heterocycles. The molecule has 0 bridgehead atoms. The van der Waals surface area contributed by atoms with E-state index in [1.807, 2.05) is 38.1 Å². The van der Waals surface area contributed by atoms with Gasteiger partial charge in [0, 0.05) is 30.3 Å². The van der Waals surface area contributed by atoms with Gasteiger partial charge in [0.1, 0.15) is 11.8 Å². The third-order valence-corrected chi connectivity index (χ3v) is 4.34. The van der Waals surface area contributed by atoms with Gasteiger partial charge in [0.25, 0.3) is 0 Å². The van der Waals surface area contributed by atoms with E-state index in [9.17, 15) is 14.0 Å². The molecule has 0 aliphatic rings. The lowest BCUT2D eigenvalue weighted by Crippen LogP contribution is -2.46. The average molecular weight is 395 g/mol. The van der Waals surface area contributed by atoms with E-state index in [-0.39, 0.29) is 23.3 Å². The lowest BCUT2D eigenvalue weighted by atomic mass is 10.0. The van der Waals surface area contributed by atoms with Gasteiger partial charge in [-0.05, 0) is 36.2 Å². The molecule has 29 heavy (non-hydrogen) atoms. The fraction of sp³-hybridized carbons (Fsp3) is 0.227. The summed E-state index contributed by atoms with van der Waals surface area (Å²) < 4.78 is 20.3. The maximum absolute atomic E-state index is 14.6. The highest BCUT2D eigenvalue weighted by atomic mass is 19.1. The van der Waals surface area contributed by atoms with Crippen molar-refractivity contribution in [1.29, 1.82) is 0 Å². The normalized spacial score (nSPS) is 11.9. The number of carbonyl (C=O) groups is 2. The van der Waals surface area contributed by atoms with Crippen molar-refractivity contribution >= 4 is 28.4 Å². The molecule has 0 radical (unpaired) electrons. The van der Waals surface area contributed by atoms with E-state index in [4.69, 9.17) is 4.74 Å². The van der Waals surface area contributed by atoms with Crippen molar-refractivity contribution < 1.29 is 18.7 Å². The third kappa shape index (κ3) is 4.87. The highest BCUT2D eigenvalue weighted by Gasteiger charge is 2.23. The maximum atomic E-state index is 14.6. The summed E-state index contributed by atoms with van der Waals surface area (Å²) in [5.41, 5.74) is 1.02. The van der Waals surface area contributed by atoms with E-state index in [2.05, 4.69) is 15.6 Å². The summed E-state index contributed by atoms with van der Waals surface area (Å²) in [5.74, 6) is -0.948. The van der Waals surface area contributed by atoms with Gasteiger partial charge in [0.15, 0.2) is 11.6 Å². The zero-order valence-corrected chi connectivity index (χ0v) is 16.4. The number of hydrogen-bond donors (Lipinski definition) is 2. The van der Waals surface area contributed by atoms with Gasteiger partial charge in [-0.1, -0.05) is 26.0 Å². The molecule has 7 heteroatoms. The molecule has 1 heterocycles. The molecule has 6 nitrogen and oxygen atoms in total. The van der Waals surface area contributed by atoms with Gasteiger partial charge in [-0.2, -0.15) is 0 Å². The summed E-state index contributed by atoms with van der Waals surface area (Å²) in [7, 11) is 0. The molecule has 3 rings (SSSR count). The molecule has 150 valence electrons. The Morgan fingerprint density at radius 2 is 1.83 bits per heavy atom. The van der Waals surface area contributed by atoms with Crippen LogP contribution in [0.2, 0.25) is 0 Å². The van der Waals surface area contributed by atoms with Crippen molar-refractivity contribution in [2.24, 2.45) is 5.92 Å². The molecular formula is C22H22FN3O3. The van der Waals surface area contributed by atoms with E-state index in [0.29, 0.717) is 5.75 Å². The number of pyridine rings is 1. The zero-order valence-electron chi connectivity index (χ0n) is 16.4. The van der Waals surface area contributed by atoms with Gasteiger partial charge in [-0.3, -0.25) is 14.6 Å². The molecular weight excluding hydrogens is 373 g/mol. The first-order valence-electron chi connectivity index (χ1n) is 9.24. The number of nitrogens with zero attached hydrogens (tertiary/aromatic N) is 1. The second kappa shape index (κ2) is 8.68. The Labute approximate surface area is 168 Å². The molecule has 0 saturated carbocycles. The number of anilines is 1. The quantitative estimate of drug-likeness (QED) is 0.653. The second-order valence-corrected chi connectivity index (χ2v) is 6.98. The highest BCUT2D eigenvalue weighted by Crippen LogP contribution is 2.31. The Kier molecular flexibility index (Phi) is 6.07. The number of ether oxygens (including phenoxy) is 1. The lowest BCUT2D eigenvalue weighted by molar-refractivity contribution is -0.126. The number of amides is 2. The largest absolute Gasteiger partial charge is 0.454 e. The lowest BCUT2D eigenvalue weighted by Gasteiger charge is -2.21. The van der Waals surface area contributed by atoms with E-state index < -0.39 is 17.8 Å². The molecule has 0 saturated heterocycles. The molecule has 2 aromatic carbocycles. The first kappa shape index (κ1) is 20.3. The van der Waals surface area contributed by atoms with E-state index in [1.165, 1.54) is 19.1 Å². The predicted octanol–water partition coefficient (Wildman–Crippen LogP) is 4.27. The fourth-order valence-electron chi connectivity index (χ4n) is 2.91. The molecule has 1 aromatic heterocycles. The van der Waals surface area contributed by atoms with Gasteiger partial charge in [-0.15, -0.1) is 0 Å². The van der Waals surface area contributed by atoms with Crippen LogP contribution >= 0.6 is 0 Å². The minimum atomic E-state index is -0.713. The van der Waals surface area contributed by atoms with Crippen molar-refractivity contribution in [3.8, 4) is 11.5 Å². The Hall–Kier alpha value is -3.48. The monoisotopic (exact) mass is 395 g/mol. The Bertz CT molecular complexity index is 1050. The number of fused-ring (bicyclic) bond motifs is 1. The number of carbonyl (C=O) groups excluding carboxylic acids is 2. The van der Waals surface area contributed by atoms with Crippen LogP contribution in [0, 0.1) is 11.7 Å². The number of para-hydroxylation sites is 1. The van der Waals surface area contributed by atoms with E-state index in [0.717, 1.165) is 10.9 Å². The van der Waals surface area contributed by atoms with Crippen molar-refractivity contribution in [1.82, 2.24) is 10.3 Å². The van der Waals surface area contributed by atoms with E-state index in [1.54, 1.807) is 18.3 Å². The summed E-state index contributed by atoms with van der Waals surface area (Å²) >= 11 is 0. The van der Waals surface area contributed by atoms with Crippen LogP contribution in [-0.4, -0.2) is 22.8 Å². The molecule has 3 aromatic rings. The van der Waals surface area contributed by atoms with Crippen LogP contribution in [0.4, 0.5) is 10.1 Å². The third-order valence-electron chi connectivity index (χ3n) is 4.34. The molecule has 2 N–H and O–H groups in total. The number of aromatic nitrogens is 1. The Balaban J connectivity index is 1.78. The van der Waals surface area contributed by atoms with Crippen molar-refractivity contribution in [3.05, 3.63) is 60.5 Å². The van der Waals surface area contributed by atoms with Gasteiger partial charge in [-0.25, -0.2) is 4.39 Å². The van der Waals surface area contributed by atoms with Crippen LogP contribution in [0.25, 0.3) is 10.9 Å². The number of nitrogens with one attached hydrogen (secondary N) is 2. The molecule has 1 atom stereocenters. The highest BCUT2D eigenvalue weighted by molar-refractivity contribution is 5.97. The smallest absolute Gasteiger partial charge is 0.247 e. The summed E-state index contributed by atoms with van der Waals surface area (Å²) in [4.78, 5) is 28.0. The zero-order chi connectivity index (χ0) is 21.0. The summed E-state index contributed by atoms with van der Waals surface area (Å²) in [6.45, 7) is 4.98. The second-order valence-electron chi connectivity index (χ2n) is 6.98. The molecule has 0 unspecified atom stereocenters. The minimum Gasteiger partial charge on any atom is -0.454 e. The van der Waals surface area contributed by atoms with Crippen molar-refractivity contribution in [2.75, 3.05) is 5.32 Å². The first-order valence-corrected chi connectivity index (χ1v) is 9.24. The number of hydrogen-bond acceptors (Lipinski definition) is 4. The van der Waals surface area contributed by atoms with Crippen molar-refractivity contribution in [2.45, 2.75) is 26.8 Å². The topological polar surface area (TPSA) is 80.3 Å². The summed E-state index contributed by atoms with van der Waals surface area (Å²) in [6, 6.07) is 12.5. The average Bonchev–Trinajstić information content (AvgIpc) is 2.68. The number of benzene rings is 2. The van der Waals surface area contributed by atoms with Gasteiger partial charge in [0.2, 0.25) is 11.8 Å². The summed E-state index contributed by atoms with van der Waals surface area (Å²) in [5, 5.41) is 6.00. The van der Waals surface area contributed by atoms with Crippen LogP contribution in [0.3, 0.4) is 0 Å². The van der Waals surface area contributed by atoms with E-state index >= 15 is 0 Å². The molecule has 2 amide bonds. The maximum Gasteiger partial charge on any atom is 0.247 e. The molecule has 0 spiro atoms. The van der Waals surface area contributed by atoms with Gasteiger partial charge < -0.3 is 15.4 Å². The van der Waals surface area contributed by atoms with Crippen LogP contribution < -0.4 is 15.4 Å². The van der Waals surface area contributed by atoms with Crippen molar-refractivity contribution in [3.63, 3.8) is 0 Å². The Morgan fingerprint density at radius 1 is 1.07 bits per heavy atom. The Morgan fingerprint density at radius 3 is 2.52 bits per heavy atom. The number of rotatable bonds is 6. The van der Waals surface area contributed by atoms with Gasteiger partial charge >= 0.3 is 0 Å². The van der Waals surface area contributed by atoms with Crippen LogP contribution in [-0.2, 0) is 9.59 Å². The number of halogens is 1. The van der Waals surface area contributed by atoms with Crippen LogP contribution in [0.1, 0.15) is 20.8 Å². The predicted molar refractivity (Wildman–Crippen MR) is 109 cm³/mol. The van der Waals surface area contributed by atoms with Crippen LogP contribution in [0.15, 0.2) is 54.7 Å².